The van der Waals surface area contributed by atoms with Crippen LogP contribution in [-0.4, -0.2) is 46.9 Å². The van der Waals surface area contributed by atoms with Crippen molar-refractivity contribution in [1.82, 2.24) is 5.32 Å². The maximum Gasteiger partial charge on any atom is 0.306 e. The summed E-state index contributed by atoms with van der Waals surface area (Å²) < 4.78 is 5.95. The summed E-state index contributed by atoms with van der Waals surface area (Å²) >= 11 is 0. The van der Waals surface area contributed by atoms with E-state index in [0.717, 1.165) is 57.8 Å². The molecule has 6 heteroatoms. The Morgan fingerprint density at radius 1 is 0.452 bits per heavy atom. The van der Waals surface area contributed by atoms with E-state index in [1.807, 2.05) is 0 Å². The first-order valence-electron chi connectivity index (χ1n) is 27.9. The van der Waals surface area contributed by atoms with Crippen molar-refractivity contribution in [2.24, 2.45) is 0 Å². The van der Waals surface area contributed by atoms with Crippen LogP contribution in [0.5, 0.6) is 0 Å². The van der Waals surface area contributed by atoms with Crippen molar-refractivity contribution in [3.8, 4) is 0 Å². The van der Waals surface area contributed by atoms with Gasteiger partial charge in [-0.05, 0) is 51.4 Å². The number of carbonyl (C=O) groups excluding carboxylic acids is 2. The van der Waals surface area contributed by atoms with Gasteiger partial charge in [0.25, 0.3) is 0 Å². The molecule has 6 nitrogen and oxygen atoms in total. The Bertz CT molecular complexity index is 939. The first-order chi connectivity index (χ1) is 30.5. The van der Waals surface area contributed by atoms with Crippen LogP contribution in [0.3, 0.4) is 0 Å². The minimum atomic E-state index is -0.786. The first-order valence-corrected chi connectivity index (χ1v) is 27.9. The zero-order valence-electron chi connectivity index (χ0n) is 42.0. The molecule has 0 heterocycles. The van der Waals surface area contributed by atoms with Gasteiger partial charge in [-0.15, -0.1) is 0 Å². The van der Waals surface area contributed by atoms with Crippen molar-refractivity contribution in [1.29, 1.82) is 0 Å². The number of hydrogen-bond donors (Lipinski definition) is 3. The van der Waals surface area contributed by atoms with Crippen LogP contribution >= 0.6 is 0 Å². The zero-order chi connectivity index (χ0) is 45.2. The van der Waals surface area contributed by atoms with Crippen LogP contribution in [0, 0.1) is 0 Å². The van der Waals surface area contributed by atoms with Crippen LogP contribution in [0.1, 0.15) is 310 Å². The predicted octanol–water partition coefficient (Wildman–Crippen LogP) is 16.9. The largest absolute Gasteiger partial charge is 0.462 e. The van der Waals surface area contributed by atoms with Crippen LogP contribution < -0.4 is 5.32 Å². The average Bonchev–Trinajstić information content (AvgIpc) is 3.26. The molecule has 0 aliphatic rings. The zero-order valence-corrected chi connectivity index (χ0v) is 42.0. The Morgan fingerprint density at radius 2 is 0.774 bits per heavy atom. The average molecular weight is 876 g/mol. The van der Waals surface area contributed by atoms with Gasteiger partial charge in [0.2, 0.25) is 5.91 Å². The molecule has 0 aromatic heterocycles. The molecule has 0 radical (unpaired) electrons. The molecule has 3 atom stereocenters. The van der Waals surface area contributed by atoms with Gasteiger partial charge in [-0.25, -0.2) is 0 Å². The number of ether oxygens (including phenoxy) is 1. The molecule has 0 aliphatic carbocycles. The number of unbranched alkanes of at least 4 members (excludes halogenated alkanes) is 37. The van der Waals surface area contributed by atoms with Gasteiger partial charge in [0, 0.05) is 6.42 Å². The molecule has 0 bridgehead atoms. The van der Waals surface area contributed by atoms with Crippen molar-refractivity contribution < 1.29 is 24.5 Å². The van der Waals surface area contributed by atoms with E-state index < -0.39 is 18.2 Å². The summed E-state index contributed by atoms with van der Waals surface area (Å²) in [5, 5.41) is 23.8. The van der Waals surface area contributed by atoms with Gasteiger partial charge in [0.05, 0.1) is 25.2 Å². The minimum Gasteiger partial charge on any atom is -0.462 e. The number of nitrogens with one attached hydrogen (secondary N) is 1. The van der Waals surface area contributed by atoms with Crippen LogP contribution in [0.2, 0.25) is 0 Å². The smallest absolute Gasteiger partial charge is 0.306 e. The summed E-state index contributed by atoms with van der Waals surface area (Å²) in [4.78, 5) is 26.2. The molecule has 0 aromatic rings. The Balaban J connectivity index is 4.55. The lowest BCUT2D eigenvalue weighted by molar-refractivity contribution is -0.151. The molecule has 3 N–H and O–H groups in total. The van der Waals surface area contributed by atoms with Crippen LogP contribution in [0.4, 0.5) is 0 Å². The minimum absolute atomic E-state index is 0.0745. The van der Waals surface area contributed by atoms with Crippen LogP contribution in [0.15, 0.2) is 12.2 Å². The third kappa shape index (κ3) is 45.2. The van der Waals surface area contributed by atoms with Crippen molar-refractivity contribution in [2.45, 2.75) is 328 Å². The molecule has 0 spiro atoms. The molecular weight excluding hydrogens is 767 g/mol. The third-order valence-electron chi connectivity index (χ3n) is 13.1. The number of carbonyl (C=O) groups is 2. The molecule has 3 unspecified atom stereocenters. The molecule has 0 aromatic carbocycles. The van der Waals surface area contributed by atoms with Crippen LogP contribution in [-0.2, 0) is 14.3 Å². The quantitative estimate of drug-likeness (QED) is 0.0321. The fourth-order valence-electron chi connectivity index (χ4n) is 8.84. The number of allylic oxidation sites excluding steroid dienone is 2. The van der Waals surface area contributed by atoms with Gasteiger partial charge in [-0.1, -0.05) is 258 Å². The standard InChI is InChI=1S/C56H109NO5/c1-4-7-10-13-16-19-22-25-27-29-30-32-35-38-41-44-47-52(62-56(61)49-46-43-40-37-34-31-28-26-23-20-17-14-11-8-5-2)50-55(60)57-53(51-58)54(59)48-45-42-39-36-33-24-21-18-15-12-9-6-3/h30,32,52-54,58-59H,4-29,31,33-51H2,1-3H3,(H,57,60)/b32-30+. The Kier molecular flexibility index (Phi) is 49.5. The molecular formula is C56H109NO5. The number of esters is 1. The second-order valence-electron chi connectivity index (χ2n) is 19.3. The molecule has 62 heavy (non-hydrogen) atoms. The van der Waals surface area contributed by atoms with E-state index in [-0.39, 0.29) is 24.9 Å². The molecule has 0 rings (SSSR count). The monoisotopic (exact) mass is 876 g/mol. The fraction of sp³-hybridized carbons (Fsp3) is 0.929. The highest BCUT2D eigenvalue weighted by Gasteiger charge is 2.24. The molecule has 1 amide bonds. The number of rotatable bonds is 51. The summed E-state index contributed by atoms with van der Waals surface area (Å²) in [5.74, 6) is -0.468. The molecule has 0 saturated heterocycles. The van der Waals surface area contributed by atoms with Gasteiger partial charge >= 0.3 is 5.97 Å². The van der Waals surface area contributed by atoms with E-state index >= 15 is 0 Å². The summed E-state index contributed by atoms with van der Waals surface area (Å²) in [6.45, 7) is 6.51. The van der Waals surface area contributed by atoms with E-state index in [0.29, 0.717) is 19.3 Å². The molecule has 0 fully saturated rings. The highest BCUT2D eigenvalue weighted by Crippen LogP contribution is 2.18. The maximum atomic E-state index is 13.2. The van der Waals surface area contributed by atoms with E-state index in [2.05, 4.69) is 38.2 Å². The maximum absolute atomic E-state index is 13.2. The summed E-state index contributed by atoms with van der Waals surface area (Å²) in [6.07, 6.45) is 57.0. The SMILES string of the molecule is CCCCCCCCCCC/C=C/CCCCCC(CC(=O)NC(CO)C(O)CCCCCCCCCCCCCC)OC(=O)CCCCCCCCCCCCCCCCC. The molecule has 0 saturated carbocycles. The number of aliphatic hydroxyl groups is 2. The molecule has 0 aliphatic heterocycles. The van der Waals surface area contributed by atoms with E-state index in [4.69, 9.17) is 4.74 Å². The van der Waals surface area contributed by atoms with Gasteiger partial charge in [0.1, 0.15) is 6.10 Å². The topological polar surface area (TPSA) is 95.9 Å². The van der Waals surface area contributed by atoms with Crippen molar-refractivity contribution in [3.63, 3.8) is 0 Å². The summed E-state index contributed by atoms with van der Waals surface area (Å²) in [5.41, 5.74) is 0. The van der Waals surface area contributed by atoms with Crippen LogP contribution in [0.25, 0.3) is 0 Å². The van der Waals surface area contributed by atoms with Crippen molar-refractivity contribution in [3.05, 3.63) is 12.2 Å². The van der Waals surface area contributed by atoms with Gasteiger partial charge in [-0.3, -0.25) is 9.59 Å². The van der Waals surface area contributed by atoms with Crippen molar-refractivity contribution in [2.75, 3.05) is 6.61 Å². The molecule has 368 valence electrons. The highest BCUT2D eigenvalue weighted by atomic mass is 16.5. The summed E-state index contributed by atoms with van der Waals surface area (Å²) in [6, 6.07) is -0.700. The lowest BCUT2D eigenvalue weighted by Crippen LogP contribution is -2.46. The number of amides is 1. The van der Waals surface area contributed by atoms with Gasteiger partial charge in [0.15, 0.2) is 0 Å². The predicted molar refractivity (Wildman–Crippen MR) is 269 cm³/mol. The first kappa shape index (κ1) is 60.6. The van der Waals surface area contributed by atoms with Gasteiger partial charge < -0.3 is 20.3 Å². The van der Waals surface area contributed by atoms with E-state index in [1.54, 1.807) is 0 Å². The number of aliphatic hydroxyl groups excluding tert-OH is 2. The normalized spacial score (nSPS) is 13.2. The lowest BCUT2D eigenvalue weighted by atomic mass is 10.0. The van der Waals surface area contributed by atoms with E-state index in [9.17, 15) is 19.8 Å². The Morgan fingerprint density at radius 3 is 1.16 bits per heavy atom. The van der Waals surface area contributed by atoms with Crippen molar-refractivity contribution >= 4 is 11.9 Å². The third-order valence-corrected chi connectivity index (χ3v) is 13.1. The van der Waals surface area contributed by atoms with E-state index in [1.165, 1.54) is 205 Å². The number of hydrogen-bond acceptors (Lipinski definition) is 5. The Labute approximate surface area is 387 Å². The Hall–Kier alpha value is -1.40. The fourth-order valence-corrected chi connectivity index (χ4v) is 8.84. The summed E-state index contributed by atoms with van der Waals surface area (Å²) in [7, 11) is 0. The van der Waals surface area contributed by atoms with Gasteiger partial charge in [-0.2, -0.15) is 0 Å². The lowest BCUT2D eigenvalue weighted by Gasteiger charge is -2.24. The second kappa shape index (κ2) is 50.6. The second-order valence-corrected chi connectivity index (χ2v) is 19.3. The highest BCUT2D eigenvalue weighted by molar-refractivity contribution is 5.77.